The van der Waals surface area contributed by atoms with Crippen LogP contribution in [0.25, 0.3) is 43.9 Å². The Hall–Kier alpha value is -3.01. The number of nitrogen functional groups attached to an aromatic ring is 1. The number of rotatable bonds is 6. The van der Waals surface area contributed by atoms with E-state index in [4.69, 9.17) is 20.4 Å². The van der Waals surface area contributed by atoms with Crippen molar-refractivity contribution >= 4 is 50.0 Å². The van der Waals surface area contributed by atoms with Gasteiger partial charge in [0.1, 0.15) is 4.83 Å². The molecule has 156 valence electrons. The van der Waals surface area contributed by atoms with Gasteiger partial charge in [-0.3, -0.25) is 0 Å². The van der Waals surface area contributed by atoms with Gasteiger partial charge in [-0.25, -0.2) is 15.0 Å². The quantitative estimate of drug-likeness (QED) is 0.231. The average Bonchev–Trinajstić information content (AvgIpc) is 3.32. The number of fused-ring (bicyclic) bond motifs is 2. The minimum atomic E-state index is 0.638. The van der Waals surface area contributed by atoms with E-state index in [2.05, 4.69) is 16.1 Å². The zero-order valence-electron chi connectivity index (χ0n) is 17.1. The molecule has 5 aromatic rings. The number of ether oxygens (including phenoxy) is 1. The Morgan fingerprint density at radius 1 is 1.19 bits per heavy atom. The molecule has 0 atom stereocenters. The molecule has 0 aliphatic carbocycles. The fourth-order valence-electron chi connectivity index (χ4n) is 3.46. The first-order valence-electron chi connectivity index (χ1n) is 9.76. The first-order chi connectivity index (χ1) is 15.1. The van der Waals surface area contributed by atoms with Gasteiger partial charge in [0.2, 0.25) is 6.20 Å². The number of aryl methyl sites for hydroxylation is 1. The number of benzene rings is 1. The monoisotopic (exact) mass is 449 g/mol. The maximum Gasteiger partial charge on any atom is 0.204 e. The van der Waals surface area contributed by atoms with Crippen LogP contribution in [0.1, 0.15) is 0 Å². The van der Waals surface area contributed by atoms with E-state index in [9.17, 15) is 0 Å². The Bertz CT molecular complexity index is 1380. The van der Waals surface area contributed by atoms with Crippen LogP contribution in [0.2, 0.25) is 0 Å². The van der Waals surface area contributed by atoms with Crippen molar-refractivity contribution < 1.29 is 9.42 Å². The number of nitrogens with one attached hydrogen (secondary N) is 1. The molecule has 1 aromatic carbocycles. The molecule has 0 saturated heterocycles. The number of thioether (sulfide) groups is 1. The minimum absolute atomic E-state index is 0.638. The maximum absolute atomic E-state index is 6.57. The van der Waals surface area contributed by atoms with E-state index < -0.39 is 0 Å². The highest BCUT2D eigenvalue weighted by molar-refractivity contribution is 8.01. The van der Waals surface area contributed by atoms with E-state index in [0.717, 1.165) is 53.7 Å². The van der Waals surface area contributed by atoms with Crippen LogP contribution < -0.4 is 10.4 Å². The normalized spacial score (nSPS) is 11.5. The number of anilines is 1. The van der Waals surface area contributed by atoms with E-state index >= 15 is 0 Å². The van der Waals surface area contributed by atoms with Crippen molar-refractivity contribution in [2.24, 2.45) is 7.05 Å². The third-order valence-corrected chi connectivity index (χ3v) is 7.26. The molecule has 31 heavy (non-hydrogen) atoms. The predicted octanol–water partition coefficient (Wildman–Crippen LogP) is 4.05. The topological polar surface area (TPSA) is 93.6 Å². The third kappa shape index (κ3) is 3.76. The second kappa shape index (κ2) is 8.26. The molecule has 0 bridgehead atoms. The van der Waals surface area contributed by atoms with Crippen LogP contribution in [0.15, 0.2) is 53.0 Å². The largest absolute Gasteiger partial charge is 0.397 e. The smallest absolute Gasteiger partial charge is 0.204 e. The number of nitrogens with zero attached hydrogens (tertiary/aromatic N) is 4. The number of methoxy groups -OCH3 is 1. The minimum Gasteiger partial charge on any atom is -0.397 e. The Morgan fingerprint density at radius 3 is 2.84 bits per heavy atom. The van der Waals surface area contributed by atoms with E-state index in [1.165, 1.54) is 0 Å². The molecule has 0 aliphatic heterocycles. The Labute approximate surface area is 187 Å². The Kier molecular flexibility index (Phi) is 5.31. The van der Waals surface area contributed by atoms with Gasteiger partial charge in [-0.15, -0.1) is 32.9 Å². The number of nitrogens with two attached hydrogens (primary N) is 1. The molecule has 0 aliphatic rings. The molecule has 0 amide bonds. The highest BCUT2D eigenvalue weighted by Crippen LogP contribution is 2.43. The summed E-state index contributed by atoms with van der Waals surface area (Å²) in [5.74, 6) is 1.47. The van der Waals surface area contributed by atoms with Crippen molar-refractivity contribution in [3.63, 3.8) is 0 Å². The van der Waals surface area contributed by atoms with Gasteiger partial charge >= 0.3 is 0 Å². The summed E-state index contributed by atoms with van der Waals surface area (Å²) in [6, 6.07) is 12.2. The van der Waals surface area contributed by atoms with Gasteiger partial charge < -0.3 is 10.5 Å². The lowest BCUT2D eigenvalue weighted by molar-refractivity contribution is -0.724. The summed E-state index contributed by atoms with van der Waals surface area (Å²) in [5.41, 5.74) is 10.9. The van der Waals surface area contributed by atoms with Crippen molar-refractivity contribution in [2.75, 3.05) is 25.2 Å². The molecule has 0 fully saturated rings. The standard InChI is InChI=1S/C22H20N6OS2/c1-28-12-15-10-14(11-24-19(15)27-28)20-25-18(13-6-4-3-5-7-13)16-17(23)22(30-9-8-29-2)31-21(16)26-20/h3-7,10-12H,8-9,23H2,1-2H3/p+1. The Morgan fingerprint density at radius 2 is 2.03 bits per heavy atom. The predicted molar refractivity (Wildman–Crippen MR) is 126 cm³/mol. The first kappa shape index (κ1) is 19.9. The summed E-state index contributed by atoms with van der Waals surface area (Å²) >= 11 is 3.29. The molecule has 9 heteroatoms. The lowest BCUT2D eigenvalue weighted by Gasteiger charge is -2.07. The number of pyridine rings is 1. The number of H-pyrrole nitrogens is 1. The van der Waals surface area contributed by atoms with Crippen molar-refractivity contribution in [3.05, 3.63) is 48.8 Å². The fraction of sp³-hybridized carbons (Fsp3) is 0.182. The molecule has 0 spiro atoms. The molecular weight excluding hydrogens is 428 g/mol. The van der Waals surface area contributed by atoms with Crippen LogP contribution >= 0.6 is 23.1 Å². The van der Waals surface area contributed by atoms with Gasteiger partial charge in [-0.1, -0.05) is 30.3 Å². The van der Waals surface area contributed by atoms with Gasteiger partial charge in [0.25, 0.3) is 0 Å². The molecular formula is C22H21N6OS2+. The van der Waals surface area contributed by atoms with Crippen LogP contribution in [0.4, 0.5) is 5.69 Å². The molecule has 0 radical (unpaired) electrons. The fourth-order valence-corrected chi connectivity index (χ4v) is 5.71. The highest BCUT2D eigenvalue weighted by atomic mass is 32.2. The van der Waals surface area contributed by atoms with Crippen LogP contribution in [-0.2, 0) is 11.8 Å². The lowest BCUT2D eigenvalue weighted by Crippen LogP contribution is -2.28. The molecule has 0 saturated carbocycles. The van der Waals surface area contributed by atoms with Crippen LogP contribution in [-0.4, -0.2) is 39.5 Å². The summed E-state index contributed by atoms with van der Waals surface area (Å²) in [6.07, 6.45) is 3.80. The first-order valence-corrected chi connectivity index (χ1v) is 11.6. The van der Waals surface area contributed by atoms with Crippen molar-refractivity contribution in [1.29, 1.82) is 0 Å². The summed E-state index contributed by atoms with van der Waals surface area (Å²) in [6.45, 7) is 0.667. The third-order valence-electron chi connectivity index (χ3n) is 4.91. The van der Waals surface area contributed by atoms with Crippen molar-refractivity contribution in [3.8, 4) is 22.6 Å². The van der Waals surface area contributed by atoms with Gasteiger partial charge in [0.05, 0.1) is 33.0 Å². The second-order valence-corrected chi connectivity index (χ2v) is 9.46. The van der Waals surface area contributed by atoms with Crippen LogP contribution in [0.3, 0.4) is 0 Å². The van der Waals surface area contributed by atoms with E-state index in [-0.39, 0.29) is 0 Å². The Balaban J connectivity index is 1.70. The lowest BCUT2D eigenvalue weighted by atomic mass is 10.1. The second-order valence-electron chi connectivity index (χ2n) is 7.10. The molecule has 5 rings (SSSR count). The maximum atomic E-state index is 6.57. The molecule has 0 unspecified atom stereocenters. The van der Waals surface area contributed by atoms with E-state index in [1.54, 1.807) is 36.4 Å². The van der Waals surface area contributed by atoms with Crippen molar-refractivity contribution in [1.82, 2.24) is 20.1 Å². The zero-order chi connectivity index (χ0) is 21.4. The number of thiophene rings is 1. The number of aromatic amines is 1. The zero-order valence-corrected chi connectivity index (χ0v) is 18.8. The van der Waals surface area contributed by atoms with E-state index in [1.807, 2.05) is 48.3 Å². The number of hydrogen-bond donors (Lipinski definition) is 2. The van der Waals surface area contributed by atoms with Gasteiger partial charge in [0, 0.05) is 30.2 Å². The summed E-state index contributed by atoms with van der Waals surface area (Å²) in [4.78, 5) is 15.2. The summed E-state index contributed by atoms with van der Waals surface area (Å²) in [5, 5.41) is 5.09. The SMILES string of the molecule is COCCSc1sc2nc(-c3cnc4[nH][n+](C)cc4c3)nc(-c3ccccc3)c2c1N. The van der Waals surface area contributed by atoms with Gasteiger partial charge in [-0.2, -0.15) is 0 Å². The molecule has 4 aromatic heterocycles. The van der Waals surface area contributed by atoms with E-state index in [0.29, 0.717) is 12.4 Å². The molecule has 7 nitrogen and oxygen atoms in total. The number of aromatic nitrogens is 5. The summed E-state index contributed by atoms with van der Waals surface area (Å²) in [7, 11) is 3.64. The number of hydrogen-bond acceptors (Lipinski definition) is 7. The van der Waals surface area contributed by atoms with Gasteiger partial charge in [-0.05, 0) is 6.07 Å². The van der Waals surface area contributed by atoms with Crippen molar-refractivity contribution in [2.45, 2.75) is 4.21 Å². The van der Waals surface area contributed by atoms with Crippen LogP contribution in [0.5, 0.6) is 0 Å². The molecule has 4 heterocycles. The summed E-state index contributed by atoms with van der Waals surface area (Å²) < 4.78 is 8.11. The molecule has 3 N–H and O–H groups in total. The highest BCUT2D eigenvalue weighted by Gasteiger charge is 2.20. The van der Waals surface area contributed by atoms with Crippen LogP contribution in [0, 0.1) is 0 Å². The average molecular weight is 450 g/mol. The van der Waals surface area contributed by atoms with Gasteiger partial charge in [0.15, 0.2) is 18.5 Å².